The molecule has 2 aliphatic carbocycles. The molecule has 2 amide bonds. The summed E-state index contributed by atoms with van der Waals surface area (Å²) in [5.74, 6) is 2.84. The highest BCUT2D eigenvalue weighted by molar-refractivity contribution is 5.92. The van der Waals surface area contributed by atoms with Crippen LogP contribution in [-0.4, -0.2) is 22.5 Å². The molecule has 0 bridgehead atoms. The zero-order valence-corrected chi connectivity index (χ0v) is 23.7. The fourth-order valence-electron chi connectivity index (χ4n) is 5.84. The Morgan fingerprint density at radius 1 is 1.05 bits per heavy atom. The number of aryl methyl sites for hydroxylation is 2. The fourth-order valence-corrected chi connectivity index (χ4v) is 5.84. The minimum Gasteiger partial charge on any atom is -0.361 e. The predicted octanol–water partition coefficient (Wildman–Crippen LogP) is 7.13. The third-order valence-corrected chi connectivity index (χ3v) is 7.60. The molecule has 202 valence electrons. The van der Waals surface area contributed by atoms with Crippen LogP contribution in [0.15, 0.2) is 22.7 Å². The molecule has 6 nitrogen and oxygen atoms in total. The minimum absolute atomic E-state index is 0.0660. The van der Waals surface area contributed by atoms with Gasteiger partial charge in [-0.05, 0) is 96.1 Å². The van der Waals surface area contributed by atoms with Crippen molar-refractivity contribution in [1.82, 2.24) is 10.5 Å². The monoisotopic (exact) mass is 507 g/mol. The summed E-state index contributed by atoms with van der Waals surface area (Å²) in [5.41, 5.74) is 4.67. The third-order valence-electron chi connectivity index (χ3n) is 7.60. The van der Waals surface area contributed by atoms with Crippen molar-refractivity contribution in [3.63, 3.8) is 0 Å². The van der Waals surface area contributed by atoms with Crippen molar-refractivity contribution in [2.75, 3.05) is 5.32 Å². The zero-order chi connectivity index (χ0) is 26.9. The number of carbonyl (C=O) groups is 2. The summed E-state index contributed by atoms with van der Waals surface area (Å²) >= 11 is 0. The van der Waals surface area contributed by atoms with Gasteiger partial charge in [-0.2, -0.15) is 0 Å². The molecule has 0 unspecified atom stereocenters. The van der Waals surface area contributed by atoms with Crippen LogP contribution in [0, 0.1) is 25.7 Å². The lowest BCUT2D eigenvalue weighted by molar-refractivity contribution is -0.123. The van der Waals surface area contributed by atoms with Gasteiger partial charge >= 0.3 is 0 Å². The molecular formula is C31H45N3O3. The number of hydrogen-bond donors (Lipinski definition) is 2. The number of anilines is 1. The first-order valence-electron chi connectivity index (χ1n) is 14.1. The first-order chi connectivity index (χ1) is 17.4. The molecule has 37 heavy (non-hydrogen) atoms. The summed E-state index contributed by atoms with van der Waals surface area (Å²) in [5, 5.41) is 10.7. The second-order valence-electron chi connectivity index (χ2n) is 13.1. The van der Waals surface area contributed by atoms with Gasteiger partial charge in [0, 0.05) is 41.5 Å². The topological polar surface area (TPSA) is 84.2 Å². The Labute approximate surface area is 222 Å². The van der Waals surface area contributed by atoms with Crippen molar-refractivity contribution in [1.29, 1.82) is 0 Å². The van der Waals surface area contributed by atoms with Crippen LogP contribution in [0.3, 0.4) is 0 Å². The molecule has 0 radical (unpaired) electrons. The lowest BCUT2D eigenvalue weighted by atomic mass is 9.69. The van der Waals surface area contributed by atoms with Crippen LogP contribution in [0.2, 0.25) is 0 Å². The zero-order valence-electron chi connectivity index (χ0n) is 23.7. The van der Waals surface area contributed by atoms with E-state index in [9.17, 15) is 9.59 Å². The molecule has 6 heteroatoms. The van der Waals surface area contributed by atoms with E-state index in [1.165, 1.54) is 12.0 Å². The van der Waals surface area contributed by atoms with E-state index < -0.39 is 0 Å². The summed E-state index contributed by atoms with van der Waals surface area (Å²) in [7, 11) is 0. The van der Waals surface area contributed by atoms with Crippen LogP contribution in [0.1, 0.15) is 125 Å². The second kappa shape index (κ2) is 11.0. The van der Waals surface area contributed by atoms with Gasteiger partial charge in [0.05, 0.1) is 5.69 Å². The molecule has 0 aliphatic heterocycles. The van der Waals surface area contributed by atoms with Crippen molar-refractivity contribution in [2.24, 2.45) is 11.8 Å². The van der Waals surface area contributed by atoms with Crippen molar-refractivity contribution >= 4 is 17.5 Å². The van der Waals surface area contributed by atoms with Gasteiger partial charge in [-0.3, -0.25) is 9.59 Å². The van der Waals surface area contributed by atoms with Gasteiger partial charge in [-0.15, -0.1) is 0 Å². The molecule has 0 saturated heterocycles. The SMILES string of the molecule is Cc1ccc(NC(=O)C[C@H](CC(=O)NC(C)(C)C)c2noc(C3CC(CC(C)C)C3)c2C2CC2)c(C)c1. The average molecular weight is 508 g/mol. The quantitative estimate of drug-likeness (QED) is 0.358. The van der Waals surface area contributed by atoms with E-state index in [-0.39, 0.29) is 36.1 Å². The highest BCUT2D eigenvalue weighted by Crippen LogP contribution is 2.52. The van der Waals surface area contributed by atoms with E-state index in [0.717, 1.165) is 59.9 Å². The van der Waals surface area contributed by atoms with Crippen molar-refractivity contribution in [3.8, 4) is 0 Å². The Kier molecular flexibility index (Phi) is 8.15. The van der Waals surface area contributed by atoms with Gasteiger partial charge in [0.25, 0.3) is 0 Å². The molecule has 1 aromatic heterocycles. The number of hydrogen-bond acceptors (Lipinski definition) is 4. The molecule has 1 heterocycles. The predicted molar refractivity (Wildman–Crippen MR) is 148 cm³/mol. The second-order valence-corrected chi connectivity index (χ2v) is 13.1. The van der Waals surface area contributed by atoms with E-state index in [4.69, 9.17) is 4.52 Å². The number of benzene rings is 1. The summed E-state index contributed by atoms with van der Waals surface area (Å²) in [6, 6.07) is 6.00. The van der Waals surface area contributed by atoms with Gasteiger partial charge < -0.3 is 15.2 Å². The van der Waals surface area contributed by atoms with Gasteiger partial charge in [-0.25, -0.2) is 0 Å². The molecular weight excluding hydrogens is 462 g/mol. The van der Waals surface area contributed by atoms with Crippen LogP contribution in [0.5, 0.6) is 0 Å². The van der Waals surface area contributed by atoms with E-state index in [1.54, 1.807) is 0 Å². The van der Waals surface area contributed by atoms with Crippen LogP contribution >= 0.6 is 0 Å². The van der Waals surface area contributed by atoms with Crippen molar-refractivity contribution in [3.05, 3.63) is 46.3 Å². The molecule has 2 saturated carbocycles. The normalized spacial score (nSPS) is 20.4. The fraction of sp³-hybridized carbons (Fsp3) is 0.645. The van der Waals surface area contributed by atoms with Crippen LogP contribution in [-0.2, 0) is 9.59 Å². The van der Waals surface area contributed by atoms with Gasteiger partial charge in [0.2, 0.25) is 11.8 Å². The smallest absolute Gasteiger partial charge is 0.225 e. The molecule has 4 rings (SSSR count). The van der Waals surface area contributed by atoms with E-state index >= 15 is 0 Å². The third kappa shape index (κ3) is 7.24. The average Bonchev–Trinajstić information content (AvgIpc) is 3.49. The number of nitrogens with zero attached hydrogens (tertiary/aromatic N) is 1. The Bertz CT molecular complexity index is 1120. The Morgan fingerprint density at radius 3 is 2.32 bits per heavy atom. The molecule has 2 N–H and O–H groups in total. The van der Waals surface area contributed by atoms with Gasteiger partial charge in [-0.1, -0.05) is 36.7 Å². The minimum atomic E-state index is -0.339. The number of aromatic nitrogens is 1. The molecule has 0 spiro atoms. The lowest BCUT2D eigenvalue weighted by Gasteiger charge is -2.35. The van der Waals surface area contributed by atoms with Crippen molar-refractivity contribution in [2.45, 2.75) is 117 Å². The van der Waals surface area contributed by atoms with Gasteiger partial charge in [0.1, 0.15) is 5.76 Å². The van der Waals surface area contributed by atoms with Crippen molar-refractivity contribution < 1.29 is 14.1 Å². The molecule has 2 aliphatic rings. The Morgan fingerprint density at radius 2 is 1.73 bits per heavy atom. The number of nitrogens with one attached hydrogen (secondary N) is 2. The first kappa shape index (κ1) is 27.4. The molecule has 1 aromatic carbocycles. The first-order valence-corrected chi connectivity index (χ1v) is 14.1. The lowest BCUT2D eigenvalue weighted by Crippen LogP contribution is -2.41. The van der Waals surface area contributed by atoms with E-state index in [1.807, 2.05) is 46.8 Å². The summed E-state index contributed by atoms with van der Waals surface area (Å²) in [6.45, 7) is 14.5. The number of rotatable bonds is 10. The van der Waals surface area contributed by atoms with Crippen LogP contribution in [0.25, 0.3) is 0 Å². The highest BCUT2D eigenvalue weighted by Gasteiger charge is 2.42. The standard InChI is InChI=1S/C31H45N3O3/c1-18(2)12-21-14-24(15-21)30-28(22-9-10-22)29(34-37-30)23(17-27(36)33-31(5,6)7)16-26(35)32-25-11-8-19(3)13-20(25)4/h8,11,13,18,21-24H,9-10,12,14-17H2,1-7H3,(H,32,35)(H,33,36)/t21?,23-,24?/m1/s1. The Balaban J connectivity index is 1.56. The maximum atomic E-state index is 13.2. The maximum absolute atomic E-state index is 13.2. The van der Waals surface area contributed by atoms with Crippen LogP contribution in [0.4, 0.5) is 5.69 Å². The molecule has 2 aromatic rings. The number of amides is 2. The largest absolute Gasteiger partial charge is 0.361 e. The Hall–Kier alpha value is -2.63. The molecule has 2 fully saturated rings. The summed E-state index contributed by atoms with van der Waals surface area (Å²) in [6.07, 6.45) is 6.20. The van der Waals surface area contributed by atoms with Crippen LogP contribution < -0.4 is 10.6 Å². The maximum Gasteiger partial charge on any atom is 0.225 e. The number of carbonyl (C=O) groups excluding carboxylic acids is 2. The van der Waals surface area contributed by atoms with E-state index in [0.29, 0.717) is 17.8 Å². The van der Waals surface area contributed by atoms with Gasteiger partial charge in [0.15, 0.2) is 0 Å². The molecule has 1 atom stereocenters. The van der Waals surface area contributed by atoms with E-state index in [2.05, 4.69) is 35.7 Å². The highest BCUT2D eigenvalue weighted by atomic mass is 16.5. The summed E-state index contributed by atoms with van der Waals surface area (Å²) < 4.78 is 6.04. The summed E-state index contributed by atoms with van der Waals surface area (Å²) in [4.78, 5) is 26.3.